The highest BCUT2D eigenvalue weighted by Gasteiger charge is 2.43. The summed E-state index contributed by atoms with van der Waals surface area (Å²) in [4.78, 5) is 7.26. The largest absolute Gasteiger partial charge is 0.391 e. The van der Waals surface area contributed by atoms with E-state index < -0.39 is 12.1 Å². The van der Waals surface area contributed by atoms with Gasteiger partial charge in [-0.05, 0) is 57.1 Å². The Kier molecular flexibility index (Phi) is 5.52. The van der Waals surface area contributed by atoms with E-state index in [-0.39, 0.29) is 24.2 Å². The van der Waals surface area contributed by atoms with Crippen molar-refractivity contribution in [1.82, 2.24) is 19.5 Å². The summed E-state index contributed by atoms with van der Waals surface area (Å²) in [6, 6.07) is 4.66. The number of nitrogens with zero attached hydrogens (tertiary/aromatic N) is 4. The molecule has 5 rings (SSSR count). The van der Waals surface area contributed by atoms with Crippen molar-refractivity contribution in [2.75, 3.05) is 26.3 Å². The average Bonchev–Trinajstić information content (AvgIpc) is 3.11. The summed E-state index contributed by atoms with van der Waals surface area (Å²) in [6.07, 6.45) is -1.53. The molecule has 1 atom stereocenters. The second kappa shape index (κ2) is 7.97. The van der Waals surface area contributed by atoms with Crippen LogP contribution in [0.1, 0.15) is 74.9 Å². The molecule has 3 fully saturated rings. The highest BCUT2D eigenvalue weighted by atomic mass is 19.4. The van der Waals surface area contributed by atoms with Gasteiger partial charge in [0.15, 0.2) is 5.65 Å². The fourth-order valence-corrected chi connectivity index (χ4v) is 5.75. The van der Waals surface area contributed by atoms with Crippen LogP contribution < -0.4 is 0 Å². The van der Waals surface area contributed by atoms with Crippen molar-refractivity contribution in [2.24, 2.45) is 11.3 Å². The number of aryl methyl sites for hydroxylation is 1. The van der Waals surface area contributed by atoms with E-state index in [2.05, 4.69) is 24.8 Å². The number of halogens is 3. The Morgan fingerprint density at radius 3 is 2.44 bits per heavy atom. The normalized spacial score (nSPS) is 29.9. The molecule has 1 saturated carbocycles. The van der Waals surface area contributed by atoms with Gasteiger partial charge in [0.2, 0.25) is 0 Å². The summed E-state index contributed by atoms with van der Waals surface area (Å²) in [5.74, 6) is -0.794. The van der Waals surface area contributed by atoms with Crippen LogP contribution in [-0.4, -0.2) is 58.0 Å². The van der Waals surface area contributed by atoms with Crippen LogP contribution in [0.25, 0.3) is 5.65 Å². The van der Waals surface area contributed by atoms with E-state index in [4.69, 9.17) is 14.8 Å². The van der Waals surface area contributed by atoms with Crippen molar-refractivity contribution >= 4 is 5.65 Å². The number of hydrogen-bond donors (Lipinski definition) is 0. The van der Waals surface area contributed by atoms with Crippen LogP contribution in [0.3, 0.4) is 0 Å². The number of aromatic nitrogens is 3. The minimum atomic E-state index is -4.08. The van der Waals surface area contributed by atoms with Crippen molar-refractivity contribution in [3.63, 3.8) is 0 Å². The molecular weight excluding hydrogens is 417 g/mol. The molecule has 0 amide bonds. The molecule has 176 valence electrons. The van der Waals surface area contributed by atoms with Gasteiger partial charge >= 0.3 is 6.18 Å². The zero-order chi connectivity index (χ0) is 22.7. The van der Waals surface area contributed by atoms with E-state index in [0.29, 0.717) is 24.8 Å². The Morgan fingerprint density at radius 1 is 1.09 bits per heavy atom. The first-order valence-electron chi connectivity index (χ1n) is 11.9. The van der Waals surface area contributed by atoms with Crippen molar-refractivity contribution in [3.05, 3.63) is 29.2 Å². The summed E-state index contributed by atoms with van der Waals surface area (Å²) >= 11 is 0. The second-order valence-corrected chi connectivity index (χ2v) is 10.7. The number of rotatable bonds is 3. The van der Waals surface area contributed by atoms with Gasteiger partial charge in [0.1, 0.15) is 0 Å². The lowest BCUT2D eigenvalue weighted by Gasteiger charge is -2.48. The maximum absolute atomic E-state index is 13.1. The SMILES string of the molecule is Cc1cc(C2CN(C3COC3)CCC2(C)C)n2nc([C@H]3CC[C@H](C(F)(F)F)CC3)cc2n1. The Morgan fingerprint density at radius 2 is 1.81 bits per heavy atom. The Hall–Kier alpha value is -1.67. The van der Waals surface area contributed by atoms with Gasteiger partial charge in [0.05, 0.1) is 36.6 Å². The topological polar surface area (TPSA) is 42.7 Å². The van der Waals surface area contributed by atoms with Crippen LogP contribution in [0.2, 0.25) is 0 Å². The summed E-state index contributed by atoms with van der Waals surface area (Å²) in [6.45, 7) is 10.3. The predicted octanol–water partition coefficient (Wildman–Crippen LogP) is 5.09. The third kappa shape index (κ3) is 4.04. The van der Waals surface area contributed by atoms with E-state index in [1.165, 1.54) is 0 Å². The molecule has 4 heterocycles. The van der Waals surface area contributed by atoms with Crippen molar-refractivity contribution < 1.29 is 17.9 Å². The number of likely N-dealkylation sites (tertiary alicyclic amines) is 1. The average molecular weight is 451 g/mol. The lowest BCUT2D eigenvalue weighted by atomic mass is 9.71. The molecule has 1 aliphatic carbocycles. The van der Waals surface area contributed by atoms with Crippen LogP contribution in [0, 0.1) is 18.3 Å². The van der Waals surface area contributed by atoms with Crippen LogP contribution in [-0.2, 0) is 4.74 Å². The number of fused-ring (bicyclic) bond motifs is 1. The van der Waals surface area contributed by atoms with E-state index in [1.807, 2.05) is 17.5 Å². The van der Waals surface area contributed by atoms with Gasteiger partial charge < -0.3 is 4.74 Å². The third-order valence-corrected chi connectivity index (χ3v) is 8.11. The molecule has 0 radical (unpaired) electrons. The summed E-state index contributed by atoms with van der Waals surface area (Å²) < 4.78 is 46.7. The molecule has 3 aliphatic rings. The highest BCUT2D eigenvalue weighted by Crippen LogP contribution is 2.45. The van der Waals surface area contributed by atoms with Gasteiger partial charge in [0.25, 0.3) is 0 Å². The van der Waals surface area contributed by atoms with Crippen LogP contribution in [0.15, 0.2) is 12.1 Å². The zero-order valence-corrected chi connectivity index (χ0v) is 19.2. The molecule has 32 heavy (non-hydrogen) atoms. The maximum Gasteiger partial charge on any atom is 0.391 e. The number of hydrogen-bond acceptors (Lipinski definition) is 4. The maximum atomic E-state index is 13.1. The van der Waals surface area contributed by atoms with Gasteiger partial charge in [-0.25, -0.2) is 9.50 Å². The lowest BCUT2D eigenvalue weighted by Crippen LogP contribution is -2.55. The predicted molar refractivity (Wildman–Crippen MR) is 116 cm³/mol. The quantitative estimate of drug-likeness (QED) is 0.654. The number of ether oxygens (including phenoxy) is 1. The zero-order valence-electron chi connectivity index (χ0n) is 19.2. The van der Waals surface area contributed by atoms with E-state index in [1.54, 1.807) is 0 Å². The molecule has 0 bridgehead atoms. The van der Waals surface area contributed by atoms with Gasteiger partial charge in [-0.2, -0.15) is 18.3 Å². The fourth-order valence-electron chi connectivity index (χ4n) is 5.75. The summed E-state index contributed by atoms with van der Waals surface area (Å²) in [5.41, 5.74) is 3.95. The van der Waals surface area contributed by atoms with Crippen molar-refractivity contribution in [1.29, 1.82) is 0 Å². The number of piperidine rings is 1. The molecule has 5 nitrogen and oxygen atoms in total. The molecule has 0 aromatic carbocycles. The first-order valence-corrected chi connectivity index (χ1v) is 11.9. The molecule has 2 aromatic heterocycles. The Bertz CT molecular complexity index is 974. The molecule has 2 aromatic rings. The first kappa shape index (κ1) is 22.1. The Labute approximate surface area is 187 Å². The first-order chi connectivity index (χ1) is 15.1. The molecule has 0 spiro atoms. The molecular formula is C24H33F3N4O. The van der Waals surface area contributed by atoms with Gasteiger partial charge in [-0.15, -0.1) is 0 Å². The van der Waals surface area contributed by atoms with Gasteiger partial charge in [-0.1, -0.05) is 13.8 Å². The van der Waals surface area contributed by atoms with Crippen molar-refractivity contribution in [3.8, 4) is 0 Å². The lowest BCUT2D eigenvalue weighted by molar-refractivity contribution is -0.182. The van der Waals surface area contributed by atoms with Gasteiger partial charge in [-0.3, -0.25) is 4.90 Å². The van der Waals surface area contributed by atoms with Crippen LogP contribution in [0.5, 0.6) is 0 Å². The van der Waals surface area contributed by atoms with E-state index in [0.717, 1.165) is 55.5 Å². The third-order valence-electron chi connectivity index (χ3n) is 8.11. The van der Waals surface area contributed by atoms with Crippen molar-refractivity contribution in [2.45, 2.75) is 76.9 Å². The minimum Gasteiger partial charge on any atom is -0.378 e. The number of alkyl halides is 3. The summed E-state index contributed by atoms with van der Waals surface area (Å²) in [5, 5.41) is 4.94. The molecule has 8 heteroatoms. The fraction of sp³-hybridized carbons (Fsp3) is 0.750. The smallest absolute Gasteiger partial charge is 0.378 e. The minimum absolute atomic E-state index is 0.0754. The monoisotopic (exact) mass is 450 g/mol. The van der Waals surface area contributed by atoms with E-state index in [9.17, 15) is 13.2 Å². The van der Waals surface area contributed by atoms with Gasteiger partial charge in [0, 0.05) is 30.1 Å². The highest BCUT2D eigenvalue weighted by molar-refractivity contribution is 5.44. The molecule has 1 unspecified atom stereocenters. The Balaban J connectivity index is 1.44. The van der Waals surface area contributed by atoms with E-state index >= 15 is 0 Å². The van der Waals surface area contributed by atoms with Crippen LogP contribution >= 0.6 is 0 Å². The molecule has 0 N–H and O–H groups in total. The van der Waals surface area contributed by atoms with Crippen LogP contribution in [0.4, 0.5) is 13.2 Å². The standard InChI is InChI=1S/C24H33F3N4O/c1-15-10-21(19-12-30(18-13-32-14-18)9-8-23(19,2)3)31-22(28-15)11-20(29-31)16-4-6-17(7-5-16)24(25,26)27/h10-11,16-19H,4-9,12-14H2,1-3H3/t16-,17-,19?. The summed E-state index contributed by atoms with van der Waals surface area (Å²) in [7, 11) is 0. The molecule has 2 aliphatic heterocycles. The second-order valence-electron chi connectivity index (χ2n) is 10.7. The molecule has 2 saturated heterocycles.